The Morgan fingerprint density at radius 1 is 0.909 bits per heavy atom. The molecule has 1 aliphatic rings. The molecule has 8 nitrogen and oxygen atoms in total. The molecular weight excluding hydrogens is 444 g/mol. The molecule has 3 aromatic rings. The van der Waals surface area contributed by atoms with Crippen molar-refractivity contribution in [3.8, 4) is 11.5 Å². The van der Waals surface area contributed by atoms with Gasteiger partial charge in [-0.3, -0.25) is 9.10 Å². The zero-order valence-electron chi connectivity index (χ0n) is 18.0. The number of fused-ring (bicyclic) bond motifs is 1. The first kappa shape index (κ1) is 22.2. The van der Waals surface area contributed by atoms with Gasteiger partial charge >= 0.3 is 0 Å². The van der Waals surface area contributed by atoms with Crippen LogP contribution in [0.3, 0.4) is 0 Å². The van der Waals surface area contributed by atoms with Crippen LogP contribution in [0.5, 0.6) is 11.5 Å². The summed E-state index contributed by atoms with van der Waals surface area (Å²) in [7, 11) is -1.32. The number of nitrogens with zero attached hydrogens (tertiary/aromatic N) is 1. The number of hydrogen-bond donors (Lipinski definition) is 2. The minimum Gasteiger partial charge on any atom is -0.506 e. The van der Waals surface area contributed by atoms with Crippen molar-refractivity contribution in [3.05, 3.63) is 88.8 Å². The quantitative estimate of drug-likeness (QED) is 0.571. The van der Waals surface area contributed by atoms with Gasteiger partial charge in [-0.05, 0) is 54.1 Å². The largest absolute Gasteiger partial charge is 0.506 e. The van der Waals surface area contributed by atoms with Crippen LogP contribution in [0.1, 0.15) is 11.1 Å². The highest BCUT2D eigenvalue weighted by atomic mass is 32.2. The molecule has 0 aliphatic carbocycles. The van der Waals surface area contributed by atoms with E-state index in [1.165, 1.54) is 7.11 Å². The molecule has 0 spiro atoms. The van der Waals surface area contributed by atoms with Gasteiger partial charge in [-0.2, -0.15) is 0 Å². The lowest BCUT2D eigenvalue weighted by atomic mass is 10.1. The topological polar surface area (TPSA) is 105 Å². The lowest BCUT2D eigenvalue weighted by molar-refractivity contribution is -0.112. The van der Waals surface area contributed by atoms with Gasteiger partial charge in [0.2, 0.25) is 0 Å². The fraction of sp³-hybridized carbons (Fsp3) is 0.125. The van der Waals surface area contributed by atoms with Crippen molar-refractivity contribution in [2.45, 2.75) is 6.54 Å². The molecule has 0 radical (unpaired) electrons. The highest BCUT2D eigenvalue weighted by molar-refractivity contribution is 7.97. The number of benzene rings is 3. The van der Waals surface area contributed by atoms with E-state index < -0.39 is 26.6 Å². The minimum atomic E-state index is -4.38. The molecule has 1 amide bonds. The van der Waals surface area contributed by atoms with Gasteiger partial charge in [0.15, 0.2) is 10.7 Å². The molecule has 4 rings (SSSR count). The number of anilines is 2. The number of sulfonamides is 1. The van der Waals surface area contributed by atoms with E-state index in [-0.39, 0.29) is 17.8 Å². The van der Waals surface area contributed by atoms with E-state index in [1.54, 1.807) is 79.9 Å². The third-order valence-corrected chi connectivity index (χ3v) is 7.03. The van der Waals surface area contributed by atoms with Gasteiger partial charge in [-0.15, -0.1) is 0 Å². The first-order valence-electron chi connectivity index (χ1n) is 9.99. The Balaban J connectivity index is 1.73. The van der Waals surface area contributed by atoms with Gasteiger partial charge in [-0.1, -0.05) is 24.3 Å². The van der Waals surface area contributed by atoms with Crippen LogP contribution in [0.4, 0.5) is 11.4 Å². The Kier molecular flexibility index (Phi) is 5.97. The predicted molar refractivity (Wildman–Crippen MR) is 126 cm³/mol. The highest BCUT2D eigenvalue weighted by Crippen LogP contribution is 2.39. The van der Waals surface area contributed by atoms with Crippen LogP contribution in [-0.4, -0.2) is 33.7 Å². The number of methoxy groups -OCH3 is 2. The number of rotatable bonds is 6. The number of nitrogens with one attached hydrogen (secondary N) is 1. The van der Waals surface area contributed by atoms with Crippen molar-refractivity contribution < 1.29 is 27.8 Å². The Morgan fingerprint density at radius 3 is 2.09 bits per heavy atom. The number of carbonyl (C=O) groups is 1. The molecule has 1 heterocycles. The van der Waals surface area contributed by atoms with Crippen molar-refractivity contribution in [3.63, 3.8) is 0 Å². The van der Waals surface area contributed by atoms with Crippen LogP contribution in [0.2, 0.25) is 0 Å². The molecule has 170 valence electrons. The van der Waals surface area contributed by atoms with Crippen molar-refractivity contribution >= 4 is 33.1 Å². The van der Waals surface area contributed by atoms with E-state index in [0.717, 1.165) is 4.31 Å². The summed E-state index contributed by atoms with van der Waals surface area (Å²) in [5.74, 6) is -0.313. The fourth-order valence-electron chi connectivity index (χ4n) is 3.53. The minimum absolute atomic E-state index is 0.0318. The maximum atomic E-state index is 13.5. The SMILES string of the molecule is COc1ccc(CN2c3ccccc3C(O)=C(C(=O)Nc3ccc(OC)cc3)S2(=O)=O)cc1. The van der Waals surface area contributed by atoms with Gasteiger partial charge in [0.1, 0.15) is 11.5 Å². The van der Waals surface area contributed by atoms with Crippen LogP contribution in [0.25, 0.3) is 5.76 Å². The number of amides is 1. The summed E-state index contributed by atoms with van der Waals surface area (Å²) in [5.41, 5.74) is 1.58. The summed E-state index contributed by atoms with van der Waals surface area (Å²) in [5, 5.41) is 13.4. The molecule has 9 heteroatoms. The zero-order valence-corrected chi connectivity index (χ0v) is 18.8. The average Bonchev–Trinajstić information content (AvgIpc) is 2.82. The number of para-hydroxylation sites is 1. The maximum Gasteiger partial charge on any atom is 0.273 e. The lowest BCUT2D eigenvalue weighted by Gasteiger charge is -2.31. The Morgan fingerprint density at radius 2 is 1.48 bits per heavy atom. The molecular formula is C24H22N2O6S. The standard InChI is InChI=1S/C24H22N2O6S/c1-31-18-11-7-16(8-12-18)15-26-21-6-4-3-5-20(21)22(27)23(33(26,29)30)24(28)25-17-9-13-19(32-2)14-10-17/h3-14,27H,15H2,1-2H3,(H,25,28). The fourth-order valence-corrected chi connectivity index (χ4v) is 5.13. The second kappa shape index (κ2) is 8.87. The molecule has 33 heavy (non-hydrogen) atoms. The van der Waals surface area contributed by atoms with Crippen LogP contribution in [0, 0.1) is 0 Å². The summed E-state index contributed by atoms with van der Waals surface area (Å²) < 4.78 is 38.5. The van der Waals surface area contributed by atoms with Gasteiger partial charge < -0.3 is 19.9 Å². The highest BCUT2D eigenvalue weighted by Gasteiger charge is 2.41. The van der Waals surface area contributed by atoms with E-state index in [2.05, 4.69) is 5.32 Å². The summed E-state index contributed by atoms with van der Waals surface area (Å²) in [4.78, 5) is 12.3. The summed E-state index contributed by atoms with van der Waals surface area (Å²) in [6.07, 6.45) is 0. The number of aliphatic hydroxyl groups excluding tert-OH is 1. The summed E-state index contributed by atoms with van der Waals surface area (Å²) >= 11 is 0. The van der Waals surface area contributed by atoms with Gasteiger partial charge in [0.05, 0.1) is 26.5 Å². The number of aliphatic hydroxyl groups is 1. The van der Waals surface area contributed by atoms with Crippen LogP contribution < -0.4 is 19.1 Å². The first-order valence-corrected chi connectivity index (χ1v) is 11.4. The molecule has 1 aliphatic heterocycles. The Hall–Kier alpha value is -3.98. The number of carbonyl (C=O) groups excluding carboxylic acids is 1. The molecule has 3 aromatic carbocycles. The van der Waals surface area contributed by atoms with Crippen molar-refractivity contribution in [2.24, 2.45) is 0 Å². The van der Waals surface area contributed by atoms with E-state index in [4.69, 9.17) is 9.47 Å². The average molecular weight is 467 g/mol. The normalized spacial score (nSPS) is 14.4. The van der Waals surface area contributed by atoms with Gasteiger partial charge in [-0.25, -0.2) is 8.42 Å². The smallest absolute Gasteiger partial charge is 0.273 e. The second-order valence-corrected chi connectivity index (χ2v) is 9.04. The van der Waals surface area contributed by atoms with E-state index in [1.807, 2.05) is 0 Å². The monoisotopic (exact) mass is 466 g/mol. The zero-order chi connectivity index (χ0) is 23.6. The summed E-state index contributed by atoms with van der Waals surface area (Å²) in [6.45, 7) is -0.0318. The van der Waals surface area contributed by atoms with Gasteiger partial charge in [0.25, 0.3) is 15.9 Å². The Labute approximate surface area is 191 Å². The van der Waals surface area contributed by atoms with E-state index in [9.17, 15) is 18.3 Å². The lowest BCUT2D eigenvalue weighted by Crippen LogP contribution is -2.39. The molecule has 0 unspecified atom stereocenters. The van der Waals surface area contributed by atoms with E-state index >= 15 is 0 Å². The van der Waals surface area contributed by atoms with Crippen molar-refractivity contribution in [1.82, 2.24) is 0 Å². The van der Waals surface area contributed by atoms with Crippen molar-refractivity contribution in [1.29, 1.82) is 0 Å². The van der Waals surface area contributed by atoms with Crippen molar-refractivity contribution in [2.75, 3.05) is 23.8 Å². The third kappa shape index (κ3) is 4.22. The van der Waals surface area contributed by atoms with Crippen LogP contribution in [0.15, 0.2) is 77.7 Å². The molecule has 2 N–H and O–H groups in total. The van der Waals surface area contributed by atoms with Crippen LogP contribution in [-0.2, 0) is 21.4 Å². The second-order valence-electron chi connectivity index (χ2n) is 7.24. The molecule has 0 bridgehead atoms. The van der Waals surface area contributed by atoms with Gasteiger partial charge in [0, 0.05) is 11.3 Å². The molecule has 0 atom stereocenters. The number of ether oxygens (including phenoxy) is 2. The molecule has 0 saturated heterocycles. The predicted octanol–water partition coefficient (Wildman–Crippen LogP) is 3.92. The Bertz CT molecular complexity index is 1320. The molecule has 0 aromatic heterocycles. The maximum absolute atomic E-state index is 13.5. The molecule has 0 fully saturated rings. The third-order valence-electron chi connectivity index (χ3n) is 5.23. The number of hydrogen-bond acceptors (Lipinski definition) is 6. The van der Waals surface area contributed by atoms with Crippen LogP contribution >= 0.6 is 0 Å². The van der Waals surface area contributed by atoms with E-state index in [0.29, 0.717) is 22.7 Å². The first-order chi connectivity index (χ1) is 15.8. The molecule has 0 saturated carbocycles. The summed E-state index contributed by atoms with van der Waals surface area (Å²) in [6, 6.07) is 19.8.